The highest BCUT2D eigenvalue weighted by atomic mass is 16.2. The minimum Gasteiger partial charge on any atom is -0.342 e. The summed E-state index contributed by atoms with van der Waals surface area (Å²) in [6, 6.07) is 0.426. The Labute approximate surface area is 112 Å². The van der Waals surface area contributed by atoms with Crippen molar-refractivity contribution >= 4 is 5.91 Å². The summed E-state index contributed by atoms with van der Waals surface area (Å²) >= 11 is 0. The van der Waals surface area contributed by atoms with E-state index in [1.165, 1.54) is 0 Å². The number of rotatable bonds is 6. The Hall–Kier alpha value is -0.610. The Morgan fingerprint density at radius 3 is 2.78 bits per heavy atom. The minimum absolute atomic E-state index is 0.298. The Balaban J connectivity index is 2.41. The molecule has 1 N–H and O–H groups in total. The molecule has 106 valence electrons. The van der Waals surface area contributed by atoms with Crippen LogP contribution in [0, 0.1) is 5.92 Å². The SMILES string of the molecule is CCN1CC[C@@H](N(C)C(=O)CCCNC)[C@H](C)C1. The van der Waals surface area contributed by atoms with Crippen LogP contribution in [-0.4, -0.2) is 62.0 Å². The van der Waals surface area contributed by atoms with Crippen molar-refractivity contribution in [3.63, 3.8) is 0 Å². The summed E-state index contributed by atoms with van der Waals surface area (Å²) in [5.41, 5.74) is 0. The van der Waals surface area contributed by atoms with Crippen molar-refractivity contribution in [3.8, 4) is 0 Å². The van der Waals surface area contributed by atoms with Crippen LogP contribution in [0.15, 0.2) is 0 Å². The maximum absolute atomic E-state index is 12.1. The summed E-state index contributed by atoms with van der Waals surface area (Å²) in [4.78, 5) is 16.6. The van der Waals surface area contributed by atoms with Crippen LogP contribution in [-0.2, 0) is 4.79 Å². The van der Waals surface area contributed by atoms with Gasteiger partial charge in [0.25, 0.3) is 0 Å². The lowest BCUT2D eigenvalue weighted by Gasteiger charge is -2.41. The van der Waals surface area contributed by atoms with E-state index in [4.69, 9.17) is 0 Å². The largest absolute Gasteiger partial charge is 0.342 e. The van der Waals surface area contributed by atoms with Gasteiger partial charge in [0.15, 0.2) is 0 Å². The average molecular weight is 255 g/mol. The van der Waals surface area contributed by atoms with E-state index in [1.807, 2.05) is 19.0 Å². The molecule has 4 nitrogen and oxygen atoms in total. The van der Waals surface area contributed by atoms with Crippen LogP contribution in [0.4, 0.5) is 0 Å². The summed E-state index contributed by atoms with van der Waals surface area (Å²) in [6.07, 6.45) is 2.71. The molecule has 0 aromatic rings. The van der Waals surface area contributed by atoms with Crippen LogP contribution in [0.3, 0.4) is 0 Å². The van der Waals surface area contributed by atoms with E-state index in [9.17, 15) is 4.79 Å². The molecule has 1 aliphatic heterocycles. The van der Waals surface area contributed by atoms with E-state index < -0.39 is 0 Å². The van der Waals surface area contributed by atoms with E-state index in [0.29, 0.717) is 24.3 Å². The van der Waals surface area contributed by atoms with Gasteiger partial charge in [-0.2, -0.15) is 0 Å². The van der Waals surface area contributed by atoms with Crippen molar-refractivity contribution in [2.45, 2.75) is 39.2 Å². The number of amides is 1. The van der Waals surface area contributed by atoms with Gasteiger partial charge in [0, 0.05) is 32.6 Å². The third kappa shape index (κ3) is 4.25. The van der Waals surface area contributed by atoms with Gasteiger partial charge in [-0.15, -0.1) is 0 Å². The first-order chi connectivity index (χ1) is 8.60. The zero-order chi connectivity index (χ0) is 13.5. The highest BCUT2D eigenvalue weighted by Crippen LogP contribution is 2.21. The molecule has 1 amide bonds. The highest BCUT2D eigenvalue weighted by molar-refractivity contribution is 5.76. The molecule has 1 fully saturated rings. The van der Waals surface area contributed by atoms with Crippen LogP contribution in [0.1, 0.15) is 33.1 Å². The lowest BCUT2D eigenvalue weighted by Crippen LogP contribution is -2.50. The first kappa shape index (κ1) is 15.4. The minimum atomic E-state index is 0.298. The Morgan fingerprint density at radius 1 is 1.50 bits per heavy atom. The molecule has 0 unspecified atom stereocenters. The van der Waals surface area contributed by atoms with Crippen molar-refractivity contribution in [1.29, 1.82) is 0 Å². The maximum atomic E-state index is 12.1. The predicted octanol–water partition coefficient (Wildman–Crippen LogP) is 1.17. The summed E-state index contributed by atoms with van der Waals surface area (Å²) in [5.74, 6) is 0.879. The van der Waals surface area contributed by atoms with Crippen molar-refractivity contribution in [1.82, 2.24) is 15.1 Å². The van der Waals surface area contributed by atoms with Gasteiger partial charge in [-0.1, -0.05) is 13.8 Å². The summed E-state index contributed by atoms with van der Waals surface area (Å²) in [7, 11) is 3.90. The third-order valence-electron chi connectivity index (χ3n) is 4.10. The molecular formula is C14H29N3O. The summed E-state index contributed by atoms with van der Waals surface area (Å²) in [5, 5.41) is 3.09. The quantitative estimate of drug-likeness (QED) is 0.724. The Bertz CT molecular complexity index is 257. The topological polar surface area (TPSA) is 35.6 Å². The molecule has 1 aliphatic rings. The molecule has 0 aromatic heterocycles. The molecule has 0 spiro atoms. The van der Waals surface area contributed by atoms with Gasteiger partial charge >= 0.3 is 0 Å². The van der Waals surface area contributed by atoms with Crippen molar-refractivity contribution in [3.05, 3.63) is 0 Å². The average Bonchev–Trinajstić information content (AvgIpc) is 2.38. The molecule has 2 atom stereocenters. The van der Waals surface area contributed by atoms with Crippen LogP contribution >= 0.6 is 0 Å². The smallest absolute Gasteiger partial charge is 0.222 e. The van der Waals surface area contributed by atoms with E-state index in [1.54, 1.807) is 0 Å². The van der Waals surface area contributed by atoms with Crippen LogP contribution in [0.25, 0.3) is 0 Å². The molecule has 1 heterocycles. The predicted molar refractivity (Wildman–Crippen MR) is 75.6 cm³/mol. The molecule has 0 aliphatic carbocycles. The van der Waals surface area contributed by atoms with E-state index in [2.05, 4.69) is 24.1 Å². The molecule has 1 saturated heterocycles. The van der Waals surface area contributed by atoms with Crippen molar-refractivity contribution in [2.24, 2.45) is 5.92 Å². The Morgan fingerprint density at radius 2 is 2.22 bits per heavy atom. The fraction of sp³-hybridized carbons (Fsp3) is 0.929. The first-order valence-corrected chi connectivity index (χ1v) is 7.22. The van der Waals surface area contributed by atoms with Crippen molar-refractivity contribution in [2.75, 3.05) is 40.3 Å². The monoisotopic (exact) mass is 255 g/mol. The Kier molecular flexibility index (Phi) is 6.65. The zero-order valence-electron chi connectivity index (χ0n) is 12.4. The summed E-state index contributed by atoms with van der Waals surface area (Å²) < 4.78 is 0. The molecule has 1 rings (SSSR count). The number of likely N-dealkylation sites (tertiary alicyclic amines) is 1. The van der Waals surface area contributed by atoms with Gasteiger partial charge in [-0.25, -0.2) is 0 Å². The van der Waals surface area contributed by atoms with E-state index in [-0.39, 0.29) is 0 Å². The van der Waals surface area contributed by atoms with Gasteiger partial charge in [-0.3, -0.25) is 4.79 Å². The van der Waals surface area contributed by atoms with E-state index in [0.717, 1.165) is 39.0 Å². The van der Waals surface area contributed by atoms with Gasteiger partial charge in [-0.05, 0) is 38.9 Å². The normalized spacial score (nSPS) is 25.1. The van der Waals surface area contributed by atoms with Crippen LogP contribution in [0.2, 0.25) is 0 Å². The second-order valence-corrected chi connectivity index (χ2v) is 5.44. The fourth-order valence-electron chi connectivity index (χ4n) is 2.86. The number of carbonyl (C=O) groups is 1. The molecule has 0 radical (unpaired) electrons. The number of nitrogens with one attached hydrogen (secondary N) is 1. The lowest BCUT2D eigenvalue weighted by atomic mass is 9.92. The number of hydrogen-bond donors (Lipinski definition) is 1. The van der Waals surface area contributed by atoms with Gasteiger partial charge < -0.3 is 15.1 Å². The highest BCUT2D eigenvalue weighted by Gasteiger charge is 2.30. The van der Waals surface area contributed by atoms with Gasteiger partial charge in [0.2, 0.25) is 5.91 Å². The molecular weight excluding hydrogens is 226 g/mol. The molecule has 0 saturated carbocycles. The van der Waals surface area contributed by atoms with E-state index >= 15 is 0 Å². The number of piperidine rings is 1. The molecule has 4 heteroatoms. The number of nitrogens with zero attached hydrogens (tertiary/aromatic N) is 2. The van der Waals surface area contributed by atoms with Gasteiger partial charge in [0.1, 0.15) is 0 Å². The first-order valence-electron chi connectivity index (χ1n) is 7.22. The van der Waals surface area contributed by atoms with Crippen molar-refractivity contribution < 1.29 is 4.79 Å². The standard InChI is InChI=1S/C14H29N3O/c1-5-17-10-8-13(12(2)11-17)16(4)14(18)7-6-9-15-3/h12-13,15H,5-11H2,1-4H3/t12-,13-/m1/s1. The maximum Gasteiger partial charge on any atom is 0.222 e. The summed E-state index contributed by atoms with van der Waals surface area (Å²) in [6.45, 7) is 8.76. The van der Waals surface area contributed by atoms with Crippen LogP contribution < -0.4 is 5.32 Å². The van der Waals surface area contributed by atoms with Crippen LogP contribution in [0.5, 0.6) is 0 Å². The van der Waals surface area contributed by atoms with Gasteiger partial charge in [0.05, 0.1) is 0 Å². The zero-order valence-corrected chi connectivity index (χ0v) is 12.4. The third-order valence-corrected chi connectivity index (χ3v) is 4.10. The second kappa shape index (κ2) is 7.74. The fourth-order valence-corrected chi connectivity index (χ4v) is 2.86. The molecule has 0 aromatic carbocycles. The second-order valence-electron chi connectivity index (χ2n) is 5.44. The lowest BCUT2D eigenvalue weighted by molar-refractivity contribution is -0.134. The number of hydrogen-bond acceptors (Lipinski definition) is 3. The molecule has 18 heavy (non-hydrogen) atoms. The molecule has 0 bridgehead atoms. The number of carbonyl (C=O) groups excluding carboxylic acids is 1.